The Morgan fingerprint density at radius 1 is 0.609 bits per heavy atom. The van der Waals surface area contributed by atoms with Crippen LogP contribution in [0.1, 0.15) is 0 Å². The highest BCUT2D eigenvalue weighted by Gasteiger charge is 2.25. The molecular formula is C10H8O10S3. The quantitative estimate of drug-likeness (QED) is 0.536. The molecule has 0 radical (unpaired) electrons. The highest BCUT2D eigenvalue weighted by Crippen LogP contribution is 2.34. The number of fused-ring (bicyclic) bond motifs is 1. The van der Waals surface area contributed by atoms with Gasteiger partial charge in [0, 0.05) is 16.8 Å². The number of hydrogen-bond donors (Lipinski definition) is 4. The molecule has 0 spiro atoms. The topological polar surface area (TPSA) is 183 Å². The first kappa shape index (κ1) is 17.6. The number of hydrogen-bond acceptors (Lipinski definition) is 7. The standard InChI is InChI=1S/C10H8O10S3/c11-5-1-7-8(9(2-5)22(15,16)17)3-6(21(12,13)14)4-10(7)23(18,19)20/h1-4,11H,(H,12,13,14)(H,15,16,17)(H,18,19,20). The van der Waals surface area contributed by atoms with Gasteiger partial charge in [-0.2, -0.15) is 25.3 Å². The molecule has 126 valence electrons. The third kappa shape index (κ3) is 3.44. The van der Waals surface area contributed by atoms with E-state index < -0.39 is 61.6 Å². The van der Waals surface area contributed by atoms with Crippen LogP contribution in [0.3, 0.4) is 0 Å². The fourth-order valence-electron chi connectivity index (χ4n) is 1.93. The maximum atomic E-state index is 11.4. The lowest BCUT2D eigenvalue weighted by atomic mass is 10.1. The molecule has 0 bridgehead atoms. The van der Waals surface area contributed by atoms with Gasteiger partial charge in [-0.15, -0.1) is 0 Å². The van der Waals surface area contributed by atoms with Crippen LogP contribution in [0.15, 0.2) is 39.0 Å². The number of phenolic OH excluding ortho intramolecular Hbond substituents is 1. The van der Waals surface area contributed by atoms with Gasteiger partial charge in [-0.25, -0.2) is 0 Å². The van der Waals surface area contributed by atoms with Gasteiger partial charge in [0.2, 0.25) is 0 Å². The van der Waals surface area contributed by atoms with E-state index in [1.807, 2.05) is 0 Å². The summed E-state index contributed by atoms with van der Waals surface area (Å²) in [6.45, 7) is 0. The van der Waals surface area contributed by atoms with Gasteiger partial charge in [0.15, 0.2) is 0 Å². The first-order chi connectivity index (χ1) is 10.2. The maximum absolute atomic E-state index is 11.4. The van der Waals surface area contributed by atoms with E-state index in [4.69, 9.17) is 13.7 Å². The zero-order chi connectivity index (χ0) is 17.8. The molecule has 23 heavy (non-hydrogen) atoms. The van der Waals surface area contributed by atoms with Gasteiger partial charge in [-0.3, -0.25) is 13.7 Å². The van der Waals surface area contributed by atoms with E-state index in [0.717, 1.165) is 6.07 Å². The van der Waals surface area contributed by atoms with Crippen molar-refractivity contribution in [3.63, 3.8) is 0 Å². The molecule has 0 aliphatic rings. The monoisotopic (exact) mass is 384 g/mol. The van der Waals surface area contributed by atoms with Crippen LogP contribution < -0.4 is 0 Å². The highest BCUT2D eigenvalue weighted by atomic mass is 32.2. The minimum Gasteiger partial charge on any atom is -0.508 e. The molecule has 0 heterocycles. The molecule has 2 aromatic carbocycles. The minimum atomic E-state index is -5.05. The summed E-state index contributed by atoms with van der Waals surface area (Å²) in [7, 11) is -15.0. The summed E-state index contributed by atoms with van der Waals surface area (Å²) in [5, 5.41) is 8.25. The van der Waals surface area contributed by atoms with Gasteiger partial charge in [0.25, 0.3) is 30.4 Å². The SMILES string of the molecule is O=S(=O)(O)c1cc(S(=O)(=O)O)c2cc(O)cc(S(=O)(=O)O)c2c1. The van der Waals surface area contributed by atoms with E-state index in [-0.39, 0.29) is 0 Å². The van der Waals surface area contributed by atoms with Crippen molar-refractivity contribution in [2.24, 2.45) is 0 Å². The molecule has 0 aromatic heterocycles. The van der Waals surface area contributed by atoms with Crippen molar-refractivity contribution in [1.29, 1.82) is 0 Å². The van der Waals surface area contributed by atoms with Gasteiger partial charge in [0.05, 0.1) is 4.90 Å². The molecule has 0 saturated heterocycles. The van der Waals surface area contributed by atoms with Crippen molar-refractivity contribution in [3.05, 3.63) is 24.3 Å². The lowest BCUT2D eigenvalue weighted by Gasteiger charge is -2.10. The molecule has 2 aromatic rings. The lowest BCUT2D eigenvalue weighted by molar-refractivity contribution is 0.467. The van der Waals surface area contributed by atoms with Crippen molar-refractivity contribution in [3.8, 4) is 5.75 Å². The fourth-order valence-corrected chi connectivity index (χ4v) is 3.98. The van der Waals surface area contributed by atoms with Crippen LogP contribution in [0.5, 0.6) is 5.75 Å². The molecule has 13 heteroatoms. The van der Waals surface area contributed by atoms with E-state index in [1.54, 1.807) is 0 Å². The van der Waals surface area contributed by atoms with Gasteiger partial charge in [-0.1, -0.05) is 0 Å². The molecular weight excluding hydrogens is 376 g/mol. The Morgan fingerprint density at radius 3 is 1.48 bits per heavy atom. The summed E-state index contributed by atoms with van der Waals surface area (Å²) in [6, 6.07) is 2.22. The average molecular weight is 384 g/mol. The second-order valence-electron chi connectivity index (χ2n) is 4.39. The highest BCUT2D eigenvalue weighted by molar-refractivity contribution is 7.87. The average Bonchev–Trinajstić information content (AvgIpc) is 2.32. The Bertz CT molecular complexity index is 1130. The lowest BCUT2D eigenvalue weighted by Crippen LogP contribution is -2.06. The van der Waals surface area contributed by atoms with Crippen LogP contribution in [0.2, 0.25) is 0 Å². The Morgan fingerprint density at radius 2 is 1.04 bits per heavy atom. The van der Waals surface area contributed by atoms with Crippen molar-refractivity contribution in [2.45, 2.75) is 14.7 Å². The summed E-state index contributed by atoms with van der Waals surface area (Å²) in [6.07, 6.45) is 0. The van der Waals surface area contributed by atoms with Crippen LogP contribution in [0, 0.1) is 0 Å². The van der Waals surface area contributed by atoms with Gasteiger partial charge >= 0.3 is 0 Å². The fraction of sp³-hybridized carbons (Fsp3) is 0. The van der Waals surface area contributed by atoms with Gasteiger partial charge in [0.1, 0.15) is 15.5 Å². The molecule has 0 amide bonds. The third-order valence-electron chi connectivity index (χ3n) is 2.81. The summed E-state index contributed by atoms with van der Waals surface area (Å²) >= 11 is 0. The summed E-state index contributed by atoms with van der Waals surface area (Å²) in [5.41, 5.74) is 0. The first-order valence-electron chi connectivity index (χ1n) is 5.44. The minimum absolute atomic E-state index is 0.375. The Kier molecular flexibility index (Phi) is 3.91. The maximum Gasteiger partial charge on any atom is 0.295 e. The van der Waals surface area contributed by atoms with Crippen LogP contribution in [0.4, 0.5) is 0 Å². The Labute approximate surface area is 130 Å². The Balaban J connectivity index is 3.22. The zero-order valence-corrected chi connectivity index (χ0v) is 13.2. The Hall–Kier alpha value is -1.77. The second-order valence-corrected chi connectivity index (χ2v) is 8.59. The van der Waals surface area contributed by atoms with Crippen LogP contribution in [-0.4, -0.2) is 44.0 Å². The second kappa shape index (κ2) is 5.12. The molecule has 4 N–H and O–H groups in total. The van der Waals surface area contributed by atoms with Crippen molar-refractivity contribution >= 4 is 41.1 Å². The van der Waals surface area contributed by atoms with E-state index in [9.17, 15) is 30.4 Å². The molecule has 0 atom stereocenters. The van der Waals surface area contributed by atoms with Crippen LogP contribution in [-0.2, 0) is 30.4 Å². The van der Waals surface area contributed by atoms with Gasteiger partial charge < -0.3 is 5.11 Å². The number of phenols is 1. The van der Waals surface area contributed by atoms with E-state index in [2.05, 4.69) is 0 Å². The largest absolute Gasteiger partial charge is 0.508 e. The predicted octanol–water partition coefficient (Wildman–Crippen LogP) is 0.286. The molecule has 2 rings (SSSR count). The predicted molar refractivity (Wildman–Crippen MR) is 75.1 cm³/mol. The number of benzene rings is 2. The molecule has 0 aliphatic carbocycles. The number of aromatic hydroxyl groups is 1. The first-order valence-corrected chi connectivity index (χ1v) is 9.76. The summed E-state index contributed by atoms with van der Waals surface area (Å²) in [4.78, 5) is -3.13. The van der Waals surface area contributed by atoms with Crippen LogP contribution >= 0.6 is 0 Å². The van der Waals surface area contributed by atoms with Crippen molar-refractivity contribution in [1.82, 2.24) is 0 Å². The third-order valence-corrected chi connectivity index (χ3v) is 5.42. The van der Waals surface area contributed by atoms with Crippen molar-refractivity contribution in [2.75, 3.05) is 0 Å². The summed E-state index contributed by atoms with van der Waals surface area (Å²) < 4.78 is 95.2. The van der Waals surface area contributed by atoms with E-state index in [0.29, 0.717) is 18.2 Å². The van der Waals surface area contributed by atoms with E-state index in [1.165, 1.54) is 0 Å². The molecule has 0 fully saturated rings. The molecule has 0 saturated carbocycles. The smallest absolute Gasteiger partial charge is 0.295 e. The molecule has 0 aliphatic heterocycles. The molecule has 0 unspecified atom stereocenters. The number of rotatable bonds is 3. The summed E-state index contributed by atoms with van der Waals surface area (Å²) in [5.74, 6) is -0.769. The van der Waals surface area contributed by atoms with Gasteiger partial charge in [-0.05, 0) is 18.2 Å². The van der Waals surface area contributed by atoms with E-state index >= 15 is 0 Å². The normalized spacial score (nSPS) is 13.3. The molecule has 10 nitrogen and oxygen atoms in total. The van der Waals surface area contributed by atoms with Crippen LogP contribution in [0.25, 0.3) is 10.8 Å². The van der Waals surface area contributed by atoms with Crippen molar-refractivity contribution < 1.29 is 44.0 Å². The zero-order valence-electron chi connectivity index (χ0n) is 10.8.